The second-order valence-electron chi connectivity index (χ2n) is 8.67. The minimum absolute atomic E-state index is 0.00902. The van der Waals surface area contributed by atoms with Gasteiger partial charge < -0.3 is 10.3 Å². The number of H-pyrrole nitrogens is 1. The van der Waals surface area contributed by atoms with E-state index in [0.717, 1.165) is 52.7 Å². The Bertz CT molecular complexity index is 1350. The summed E-state index contributed by atoms with van der Waals surface area (Å²) in [5.41, 5.74) is 2.83. The number of carbonyl (C=O) groups excluding carboxylic acids is 1. The van der Waals surface area contributed by atoms with Crippen molar-refractivity contribution < 1.29 is 4.79 Å². The minimum Gasteiger partial charge on any atom is -0.325 e. The third-order valence-corrected chi connectivity index (χ3v) is 8.05. The number of nitrogens with zero attached hydrogens (tertiary/aromatic N) is 3. The smallest absolute Gasteiger partial charge is 0.260 e. The number of aromatic amines is 1. The highest BCUT2D eigenvalue weighted by molar-refractivity contribution is 7.18. The van der Waals surface area contributed by atoms with Crippen molar-refractivity contribution in [2.75, 3.05) is 31.5 Å². The molecule has 1 fully saturated rings. The molecular formula is C25H27N5O2S2. The molecule has 0 spiro atoms. The van der Waals surface area contributed by atoms with E-state index in [1.165, 1.54) is 11.3 Å². The molecule has 1 aromatic carbocycles. The topological polar surface area (TPSA) is 81.3 Å². The van der Waals surface area contributed by atoms with E-state index >= 15 is 0 Å². The summed E-state index contributed by atoms with van der Waals surface area (Å²) in [7, 11) is 0. The number of fused-ring (bicyclic) bond motifs is 1. The van der Waals surface area contributed by atoms with E-state index in [-0.39, 0.29) is 17.5 Å². The Hall–Kier alpha value is -2.85. The second kappa shape index (κ2) is 9.79. The maximum absolute atomic E-state index is 12.9. The van der Waals surface area contributed by atoms with Crippen LogP contribution < -0.4 is 10.9 Å². The van der Waals surface area contributed by atoms with Gasteiger partial charge in [-0.1, -0.05) is 18.2 Å². The highest BCUT2D eigenvalue weighted by Gasteiger charge is 2.26. The number of anilines is 1. The van der Waals surface area contributed by atoms with Crippen molar-refractivity contribution in [3.05, 3.63) is 68.9 Å². The number of hydrogen-bond donors (Lipinski definition) is 2. The van der Waals surface area contributed by atoms with Crippen LogP contribution in [0.4, 0.5) is 5.69 Å². The number of nitrogens with one attached hydrogen (secondary N) is 2. The fraction of sp³-hybridized carbons (Fsp3) is 0.320. The maximum Gasteiger partial charge on any atom is 0.260 e. The van der Waals surface area contributed by atoms with Crippen LogP contribution in [-0.4, -0.2) is 57.9 Å². The first-order valence-corrected chi connectivity index (χ1v) is 13.1. The van der Waals surface area contributed by atoms with Crippen LogP contribution in [0.2, 0.25) is 0 Å². The molecule has 0 saturated carbocycles. The Labute approximate surface area is 206 Å². The van der Waals surface area contributed by atoms with Gasteiger partial charge in [-0.3, -0.25) is 19.4 Å². The zero-order valence-electron chi connectivity index (χ0n) is 19.2. The number of piperazine rings is 1. The first kappa shape index (κ1) is 22.9. The molecule has 1 unspecified atom stereocenters. The molecule has 1 aliphatic rings. The molecule has 0 aliphatic carbocycles. The Morgan fingerprint density at radius 1 is 1.18 bits per heavy atom. The second-order valence-corrected chi connectivity index (χ2v) is 10.5. The molecular weight excluding hydrogens is 466 g/mol. The van der Waals surface area contributed by atoms with E-state index < -0.39 is 0 Å². The third kappa shape index (κ3) is 4.83. The van der Waals surface area contributed by atoms with Crippen LogP contribution in [0.25, 0.3) is 20.7 Å². The van der Waals surface area contributed by atoms with Gasteiger partial charge >= 0.3 is 0 Å². The molecule has 1 amide bonds. The lowest BCUT2D eigenvalue weighted by atomic mass is 10.2. The lowest BCUT2D eigenvalue weighted by Gasteiger charge is -2.37. The number of thiophene rings is 2. The van der Waals surface area contributed by atoms with E-state index in [9.17, 15) is 9.59 Å². The lowest BCUT2D eigenvalue weighted by molar-refractivity contribution is -0.121. The van der Waals surface area contributed by atoms with Gasteiger partial charge in [-0.2, -0.15) is 0 Å². The molecule has 2 N–H and O–H groups in total. The van der Waals surface area contributed by atoms with Crippen LogP contribution >= 0.6 is 22.7 Å². The van der Waals surface area contributed by atoms with Crippen molar-refractivity contribution in [2.45, 2.75) is 26.4 Å². The van der Waals surface area contributed by atoms with E-state index in [1.54, 1.807) is 11.3 Å². The van der Waals surface area contributed by atoms with Crippen LogP contribution in [0.5, 0.6) is 0 Å². The molecule has 176 valence electrons. The van der Waals surface area contributed by atoms with Crippen LogP contribution in [0.15, 0.2) is 52.0 Å². The largest absolute Gasteiger partial charge is 0.325 e. The summed E-state index contributed by atoms with van der Waals surface area (Å²) in [6, 6.07) is 11.7. The molecule has 4 aromatic rings. The van der Waals surface area contributed by atoms with Crippen molar-refractivity contribution in [3.63, 3.8) is 0 Å². The summed E-state index contributed by atoms with van der Waals surface area (Å²) in [4.78, 5) is 39.7. The Kier molecular flexibility index (Phi) is 6.60. The van der Waals surface area contributed by atoms with Gasteiger partial charge in [0.1, 0.15) is 10.7 Å². The van der Waals surface area contributed by atoms with E-state index in [4.69, 9.17) is 4.98 Å². The van der Waals surface area contributed by atoms with Gasteiger partial charge in [0.05, 0.1) is 18.0 Å². The standard InChI is InChI=1S/C25H27N5O2S2/c1-16-5-3-6-18(13-16)26-23(31)17(2)30-10-8-29(9-11-30)14-21-27-24(32)22-19(15-34-25(22)28-21)20-7-4-12-33-20/h3-7,12-13,15,17H,8-11,14H2,1-2H3,(H,26,31)(H,27,28,32). The number of carbonyl (C=O) groups is 1. The molecule has 1 atom stereocenters. The number of benzene rings is 1. The molecule has 1 aliphatic heterocycles. The van der Waals surface area contributed by atoms with E-state index in [1.807, 2.05) is 61.0 Å². The highest BCUT2D eigenvalue weighted by atomic mass is 32.1. The fourth-order valence-electron chi connectivity index (χ4n) is 4.34. The number of aromatic nitrogens is 2. The van der Waals surface area contributed by atoms with Crippen molar-refractivity contribution >= 4 is 44.5 Å². The van der Waals surface area contributed by atoms with Crippen molar-refractivity contribution in [2.24, 2.45) is 0 Å². The number of rotatable bonds is 6. The summed E-state index contributed by atoms with van der Waals surface area (Å²) in [5, 5.41) is 7.73. The van der Waals surface area contributed by atoms with E-state index in [0.29, 0.717) is 17.8 Å². The summed E-state index contributed by atoms with van der Waals surface area (Å²) in [6.45, 7) is 7.76. The number of aryl methyl sites for hydroxylation is 1. The zero-order valence-corrected chi connectivity index (χ0v) is 20.8. The van der Waals surface area contributed by atoms with Crippen LogP contribution in [0.1, 0.15) is 18.3 Å². The van der Waals surface area contributed by atoms with Gasteiger partial charge in [0.2, 0.25) is 5.91 Å². The number of hydrogen-bond acceptors (Lipinski definition) is 7. The number of amides is 1. The summed E-state index contributed by atoms with van der Waals surface area (Å²) in [5.74, 6) is 0.700. The predicted octanol–water partition coefficient (Wildman–Crippen LogP) is 4.17. The Balaban J connectivity index is 1.20. The first-order chi connectivity index (χ1) is 16.5. The molecule has 3 aromatic heterocycles. The normalized spacial score (nSPS) is 16.1. The average molecular weight is 494 g/mol. The van der Waals surface area contributed by atoms with Gasteiger partial charge in [0, 0.05) is 47.7 Å². The van der Waals surface area contributed by atoms with Crippen LogP contribution in [0, 0.1) is 6.92 Å². The molecule has 5 rings (SSSR count). The van der Waals surface area contributed by atoms with Crippen molar-refractivity contribution in [1.29, 1.82) is 0 Å². The molecule has 9 heteroatoms. The molecule has 0 radical (unpaired) electrons. The molecule has 4 heterocycles. The van der Waals surface area contributed by atoms with Crippen molar-refractivity contribution in [3.8, 4) is 10.4 Å². The molecule has 34 heavy (non-hydrogen) atoms. The summed E-state index contributed by atoms with van der Waals surface area (Å²) >= 11 is 3.14. The first-order valence-electron chi connectivity index (χ1n) is 11.4. The van der Waals surface area contributed by atoms with Gasteiger partial charge in [-0.25, -0.2) is 4.98 Å². The zero-order chi connectivity index (χ0) is 23.7. The van der Waals surface area contributed by atoms with Crippen LogP contribution in [0.3, 0.4) is 0 Å². The lowest BCUT2D eigenvalue weighted by Crippen LogP contribution is -2.52. The van der Waals surface area contributed by atoms with Gasteiger partial charge in [0.15, 0.2) is 0 Å². The highest BCUT2D eigenvalue weighted by Crippen LogP contribution is 2.33. The third-order valence-electron chi connectivity index (χ3n) is 6.27. The van der Waals surface area contributed by atoms with Gasteiger partial charge in [-0.05, 0) is 43.0 Å². The average Bonchev–Trinajstić information content (AvgIpc) is 3.49. The SMILES string of the molecule is Cc1cccc(NC(=O)C(C)N2CCN(Cc3nc4scc(-c5cccs5)c4c(=O)[nH]3)CC2)c1. The van der Waals surface area contributed by atoms with Gasteiger partial charge in [0.25, 0.3) is 5.56 Å². The molecule has 1 saturated heterocycles. The molecule has 7 nitrogen and oxygen atoms in total. The Morgan fingerprint density at radius 3 is 2.74 bits per heavy atom. The fourth-order valence-corrected chi connectivity index (χ4v) is 6.12. The van der Waals surface area contributed by atoms with E-state index in [2.05, 4.69) is 20.1 Å². The monoisotopic (exact) mass is 493 g/mol. The van der Waals surface area contributed by atoms with Gasteiger partial charge in [-0.15, -0.1) is 22.7 Å². The Morgan fingerprint density at radius 2 is 2.00 bits per heavy atom. The minimum atomic E-state index is -0.210. The molecule has 0 bridgehead atoms. The predicted molar refractivity (Wildman–Crippen MR) is 140 cm³/mol. The maximum atomic E-state index is 12.9. The van der Waals surface area contributed by atoms with Crippen molar-refractivity contribution in [1.82, 2.24) is 19.8 Å². The quantitative estimate of drug-likeness (QED) is 0.421. The van der Waals surface area contributed by atoms with Crippen LogP contribution in [-0.2, 0) is 11.3 Å². The summed E-state index contributed by atoms with van der Waals surface area (Å²) in [6.07, 6.45) is 0. The summed E-state index contributed by atoms with van der Waals surface area (Å²) < 4.78 is 0.